The largest absolute Gasteiger partial charge is 0.493 e. The molecule has 0 saturated heterocycles. The van der Waals surface area contributed by atoms with E-state index in [0.29, 0.717) is 22.1 Å². The molecule has 7 heteroatoms. The second-order valence-electron chi connectivity index (χ2n) is 5.86. The molecule has 2 rings (SSSR count). The van der Waals surface area contributed by atoms with Crippen LogP contribution in [0.5, 0.6) is 11.5 Å². The number of hydrogen-bond donors (Lipinski definition) is 2. The van der Waals surface area contributed by atoms with Crippen molar-refractivity contribution < 1.29 is 19.1 Å². The number of ether oxygens (including phenoxy) is 2. The van der Waals surface area contributed by atoms with E-state index >= 15 is 0 Å². The highest BCUT2D eigenvalue weighted by Crippen LogP contribution is 2.28. The normalized spacial score (nSPS) is 10.7. The number of methoxy groups -OCH3 is 1. The van der Waals surface area contributed by atoms with E-state index in [1.165, 1.54) is 13.2 Å². The van der Waals surface area contributed by atoms with Crippen LogP contribution in [0.4, 0.5) is 0 Å². The molecule has 0 aromatic heterocycles. The smallest absolute Gasteiger partial charge is 0.269 e. The first kappa shape index (κ1) is 20.3. The van der Waals surface area contributed by atoms with Crippen molar-refractivity contribution in [3.63, 3.8) is 0 Å². The van der Waals surface area contributed by atoms with Crippen molar-refractivity contribution in [3.8, 4) is 11.5 Å². The van der Waals surface area contributed by atoms with E-state index in [1.807, 2.05) is 13.8 Å². The molecule has 142 valence electrons. The van der Waals surface area contributed by atoms with Gasteiger partial charge in [0.25, 0.3) is 11.8 Å². The van der Waals surface area contributed by atoms with Crippen molar-refractivity contribution in [2.45, 2.75) is 20.0 Å². The molecule has 2 amide bonds. The molecule has 0 aliphatic rings. The molecule has 2 aromatic rings. The van der Waals surface area contributed by atoms with Gasteiger partial charge in [-0.15, -0.1) is 0 Å². The quantitative estimate of drug-likeness (QED) is 0.585. The third kappa shape index (κ3) is 6.34. The molecule has 0 radical (unpaired) electrons. The zero-order chi connectivity index (χ0) is 19.8. The lowest BCUT2D eigenvalue weighted by Crippen LogP contribution is -2.40. The van der Waals surface area contributed by atoms with Crippen LogP contribution in [-0.2, 0) is 4.79 Å². The minimum atomic E-state index is -0.478. The maximum atomic E-state index is 12.2. The van der Waals surface area contributed by atoms with Gasteiger partial charge in [0.1, 0.15) is 0 Å². The van der Waals surface area contributed by atoms with Gasteiger partial charge in [0.2, 0.25) is 0 Å². The molecular weight excluding hydrogens is 368 g/mol. The van der Waals surface area contributed by atoms with Crippen LogP contribution < -0.4 is 20.3 Å². The van der Waals surface area contributed by atoms with E-state index < -0.39 is 11.8 Å². The lowest BCUT2D eigenvalue weighted by Gasteiger charge is -2.14. The van der Waals surface area contributed by atoms with Gasteiger partial charge in [0.05, 0.1) is 13.2 Å². The van der Waals surface area contributed by atoms with Gasteiger partial charge < -0.3 is 9.47 Å². The first-order valence-corrected chi connectivity index (χ1v) is 8.65. The summed E-state index contributed by atoms with van der Waals surface area (Å²) < 4.78 is 10.9. The SMILES string of the molecule is COc1cc(C(=O)NNC(=O)/C=C/c2cccc(Cl)c2)ccc1OC(C)C. The summed E-state index contributed by atoms with van der Waals surface area (Å²) in [5.41, 5.74) is 5.76. The number of carbonyl (C=O) groups is 2. The van der Waals surface area contributed by atoms with Crippen molar-refractivity contribution in [1.29, 1.82) is 0 Å². The van der Waals surface area contributed by atoms with E-state index in [9.17, 15) is 9.59 Å². The van der Waals surface area contributed by atoms with E-state index in [2.05, 4.69) is 10.9 Å². The highest BCUT2D eigenvalue weighted by Gasteiger charge is 2.12. The number of halogens is 1. The predicted molar refractivity (Wildman–Crippen MR) is 105 cm³/mol. The first-order valence-electron chi connectivity index (χ1n) is 8.27. The minimum absolute atomic E-state index is 0.0239. The average Bonchev–Trinajstić information content (AvgIpc) is 2.64. The second-order valence-corrected chi connectivity index (χ2v) is 6.30. The summed E-state index contributed by atoms with van der Waals surface area (Å²) in [6.07, 6.45) is 2.87. The van der Waals surface area contributed by atoms with Crippen LogP contribution >= 0.6 is 11.6 Å². The topological polar surface area (TPSA) is 76.7 Å². The average molecular weight is 389 g/mol. The van der Waals surface area contributed by atoms with Crippen molar-refractivity contribution in [2.24, 2.45) is 0 Å². The molecule has 0 spiro atoms. The highest BCUT2D eigenvalue weighted by molar-refractivity contribution is 6.30. The van der Waals surface area contributed by atoms with Crippen LogP contribution in [0, 0.1) is 0 Å². The fourth-order valence-corrected chi connectivity index (χ4v) is 2.37. The Morgan fingerprint density at radius 1 is 1.07 bits per heavy atom. The zero-order valence-corrected chi connectivity index (χ0v) is 16.0. The summed E-state index contributed by atoms with van der Waals surface area (Å²) in [7, 11) is 1.49. The summed E-state index contributed by atoms with van der Waals surface area (Å²) in [5, 5.41) is 0.574. The van der Waals surface area contributed by atoms with Crippen LogP contribution in [0.2, 0.25) is 5.02 Å². The molecule has 2 aromatic carbocycles. The van der Waals surface area contributed by atoms with Gasteiger partial charge >= 0.3 is 0 Å². The maximum Gasteiger partial charge on any atom is 0.269 e. The molecule has 0 fully saturated rings. The molecule has 0 bridgehead atoms. The minimum Gasteiger partial charge on any atom is -0.493 e. The Morgan fingerprint density at radius 3 is 2.52 bits per heavy atom. The molecule has 0 heterocycles. The number of hydrogen-bond acceptors (Lipinski definition) is 4. The van der Waals surface area contributed by atoms with Gasteiger partial charge in [-0.05, 0) is 55.8 Å². The zero-order valence-electron chi connectivity index (χ0n) is 15.3. The van der Waals surface area contributed by atoms with Crippen LogP contribution in [0.1, 0.15) is 29.8 Å². The molecule has 0 atom stereocenters. The lowest BCUT2D eigenvalue weighted by molar-refractivity contribution is -0.117. The van der Waals surface area contributed by atoms with E-state index in [4.69, 9.17) is 21.1 Å². The molecule has 27 heavy (non-hydrogen) atoms. The van der Waals surface area contributed by atoms with Gasteiger partial charge in [0, 0.05) is 16.7 Å². The van der Waals surface area contributed by atoms with Gasteiger partial charge in [-0.3, -0.25) is 20.4 Å². The summed E-state index contributed by atoms with van der Waals surface area (Å²) in [4.78, 5) is 24.1. The second kappa shape index (κ2) is 9.64. The van der Waals surface area contributed by atoms with Gasteiger partial charge in [-0.25, -0.2) is 0 Å². The van der Waals surface area contributed by atoms with Gasteiger partial charge in [-0.2, -0.15) is 0 Å². The number of nitrogens with one attached hydrogen (secondary N) is 2. The monoisotopic (exact) mass is 388 g/mol. The predicted octanol–water partition coefficient (Wildman–Crippen LogP) is 3.61. The molecule has 0 aliphatic carbocycles. The van der Waals surface area contributed by atoms with Gasteiger partial charge in [-0.1, -0.05) is 23.7 Å². The fraction of sp³-hybridized carbons (Fsp3) is 0.200. The van der Waals surface area contributed by atoms with E-state index in [-0.39, 0.29) is 6.10 Å². The number of hydrazine groups is 1. The Bertz CT molecular complexity index is 850. The molecule has 0 aliphatic heterocycles. The lowest BCUT2D eigenvalue weighted by atomic mass is 10.2. The summed E-state index contributed by atoms with van der Waals surface area (Å²) in [6.45, 7) is 3.79. The molecular formula is C20H21ClN2O4. The Kier molecular flexibility index (Phi) is 7.25. The molecule has 2 N–H and O–H groups in total. The van der Waals surface area contributed by atoms with Crippen molar-refractivity contribution in [3.05, 3.63) is 64.7 Å². The third-order valence-electron chi connectivity index (χ3n) is 3.36. The van der Waals surface area contributed by atoms with E-state index in [1.54, 1.807) is 48.5 Å². The van der Waals surface area contributed by atoms with E-state index in [0.717, 1.165) is 5.56 Å². The number of amides is 2. The Morgan fingerprint density at radius 2 is 1.85 bits per heavy atom. The summed E-state index contributed by atoms with van der Waals surface area (Å²) >= 11 is 5.88. The fourth-order valence-electron chi connectivity index (χ4n) is 2.17. The Hall–Kier alpha value is -2.99. The van der Waals surface area contributed by atoms with Crippen molar-refractivity contribution in [2.75, 3.05) is 7.11 Å². The Balaban J connectivity index is 1.95. The van der Waals surface area contributed by atoms with Crippen molar-refractivity contribution >= 4 is 29.5 Å². The van der Waals surface area contributed by atoms with Gasteiger partial charge in [0.15, 0.2) is 11.5 Å². The number of benzene rings is 2. The number of rotatable bonds is 6. The molecule has 6 nitrogen and oxygen atoms in total. The summed E-state index contributed by atoms with van der Waals surface area (Å²) in [6, 6.07) is 11.8. The van der Waals surface area contributed by atoms with Crippen LogP contribution in [0.15, 0.2) is 48.5 Å². The van der Waals surface area contributed by atoms with Crippen LogP contribution in [0.25, 0.3) is 6.08 Å². The Labute approximate surface area is 163 Å². The molecule has 0 unspecified atom stereocenters. The summed E-state index contributed by atoms with van der Waals surface area (Å²) in [5.74, 6) is 0.0185. The highest BCUT2D eigenvalue weighted by atomic mass is 35.5. The third-order valence-corrected chi connectivity index (χ3v) is 3.60. The van der Waals surface area contributed by atoms with Crippen LogP contribution in [-0.4, -0.2) is 25.0 Å². The first-order chi connectivity index (χ1) is 12.9. The van der Waals surface area contributed by atoms with Crippen LogP contribution in [0.3, 0.4) is 0 Å². The standard InChI is InChI=1S/C20H21ClN2O4/c1-13(2)27-17-9-8-15(12-18(17)26-3)20(25)23-22-19(24)10-7-14-5-4-6-16(21)11-14/h4-13H,1-3H3,(H,22,24)(H,23,25)/b10-7+. The molecule has 0 saturated carbocycles. The van der Waals surface area contributed by atoms with Crippen molar-refractivity contribution in [1.82, 2.24) is 10.9 Å². The maximum absolute atomic E-state index is 12.2. The number of carbonyl (C=O) groups excluding carboxylic acids is 2.